The van der Waals surface area contributed by atoms with E-state index in [9.17, 15) is 0 Å². The SMILES string of the molecule is CCCCCCOC(CC1=CCCN(C)C1)=NC. The minimum absolute atomic E-state index is 0.815. The van der Waals surface area contributed by atoms with Gasteiger partial charge < -0.3 is 9.64 Å². The van der Waals surface area contributed by atoms with Gasteiger partial charge in [-0.1, -0.05) is 37.8 Å². The predicted octanol–water partition coefficient (Wildman–Crippen LogP) is 3.26. The third kappa shape index (κ3) is 6.20. The average Bonchev–Trinajstić information content (AvgIpc) is 2.37. The molecule has 0 aliphatic carbocycles. The molecule has 0 spiro atoms. The van der Waals surface area contributed by atoms with Crippen molar-refractivity contribution in [2.75, 3.05) is 33.8 Å². The molecule has 1 rings (SSSR count). The predicted molar refractivity (Wildman–Crippen MR) is 78.3 cm³/mol. The highest BCUT2D eigenvalue weighted by Gasteiger charge is 2.11. The van der Waals surface area contributed by atoms with Gasteiger partial charge in [-0.15, -0.1) is 0 Å². The quantitative estimate of drug-likeness (QED) is 0.301. The highest BCUT2D eigenvalue weighted by Crippen LogP contribution is 2.13. The number of ether oxygens (including phenoxy) is 1. The molecule has 0 saturated carbocycles. The summed E-state index contributed by atoms with van der Waals surface area (Å²) in [5.41, 5.74) is 1.44. The van der Waals surface area contributed by atoms with Crippen molar-refractivity contribution in [3.8, 4) is 0 Å². The first-order chi connectivity index (χ1) is 8.76. The van der Waals surface area contributed by atoms with Crippen LogP contribution in [0.2, 0.25) is 0 Å². The van der Waals surface area contributed by atoms with Crippen molar-refractivity contribution in [2.45, 2.75) is 45.4 Å². The van der Waals surface area contributed by atoms with Crippen molar-refractivity contribution in [3.05, 3.63) is 11.6 Å². The molecule has 0 fully saturated rings. The minimum Gasteiger partial charge on any atom is -0.481 e. The third-order valence-corrected chi connectivity index (χ3v) is 3.31. The van der Waals surface area contributed by atoms with Gasteiger partial charge in [-0.2, -0.15) is 0 Å². The summed E-state index contributed by atoms with van der Waals surface area (Å²) in [6, 6.07) is 0. The van der Waals surface area contributed by atoms with Gasteiger partial charge in [-0.25, -0.2) is 0 Å². The van der Waals surface area contributed by atoms with Crippen LogP contribution in [0.3, 0.4) is 0 Å². The van der Waals surface area contributed by atoms with Crippen molar-refractivity contribution in [1.29, 1.82) is 0 Å². The van der Waals surface area contributed by atoms with Crippen LogP contribution in [0.5, 0.6) is 0 Å². The lowest BCUT2D eigenvalue weighted by Crippen LogP contribution is -2.26. The van der Waals surface area contributed by atoms with Crippen LogP contribution in [0.15, 0.2) is 16.6 Å². The number of unbranched alkanes of at least 4 members (excludes halogenated alkanes) is 3. The molecule has 1 aliphatic rings. The highest BCUT2D eigenvalue weighted by molar-refractivity contribution is 5.78. The van der Waals surface area contributed by atoms with Gasteiger partial charge in [0.1, 0.15) is 0 Å². The maximum atomic E-state index is 5.77. The van der Waals surface area contributed by atoms with Gasteiger partial charge in [0.2, 0.25) is 0 Å². The molecule has 18 heavy (non-hydrogen) atoms. The Kier molecular flexibility index (Phi) is 7.74. The molecule has 0 saturated heterocycles. The van der Waals surface area contributed by atoms with Gasteiger partial charge in [0, 0.05) is 26.6 Å². The number of hydrogen-bond acceptors (Lipinski definition) is 3. The molecular formula is C15H28N2O. The Balaban J connectivity index is 2.23. The van der Waals surface area contributed by atoms with Crippen LogP contribution in [0, 0.1) is 0 Å². The Morgan fingerprint density at radius 3 is 2.89 bits per heavy atom. The molecule has 0 unspecified atom stereocenters. The van der Waals surface area contributed by atoms with Gasteiger partial charge in [0.05, 0.1) is 6.61 Å². The highest BCUT2D eigenvalue weighted by atomic mass is 16.5. The number of aliphatic imine (C=N–C) groups is 1. The van der Waals surface area contributed by atoms with E-state index in [1.165, 1.54) is 31.4 Å². The molecule has 0 N–H and O–H groups in total. The topological polar surface area (TPSA) is 24.8 Å². The molecule has 0 aromatic carbocycles. The van der Waals surface area contributed by atoms with Crippen molar-refractivity contribution in [2.24, 2.45) is 4.99 Å². The first kappa shape index (κ1) is 15.2. The molecule has 0 amide bonds. The summed E-state index contributed by atoms with van der Waals surface area (Å²) in [6.45, 7) is 5.26. The van der Waals surface area contributed by atoms with Gasteiger partial charge in [-0.3, -0.25) is 4.99 Å². The first-order valence-corrected chi connectivity index (χ1v) is 7.21. The normalized spacial score (nSPS) is 17.7. The van der Waals surface area contributed by atoms with E-state index >= 15 is 0 Å². The first-order valence-electron chi connectivity index (χ1n) is 7.21. The fourth-order valence-electron chi connectivity index (χ4n) is 2.22. The molecule has 3 nitrogen and oxygen atoms in total. The molecule has 1 heterocycles. The van der Waals surface area contributed by atoms with E-state index in [-0.39, 0.29) is 0 Å². The second-order valence-electron chi connectivity index (χ2n) is 5.09. The van der Waals surface area contributed by atoms with Crippen LogP contribution in [-0.4, -0.2) is 44.6 Å². The van der Waals surface area contributed by atoms with Gasteiger partial charge in [-0.05, 0) is 19.9 Å². The van der Waals surface area contributed by atoms with E-state index in [0.29, 0.717) is 0 Å². The zero-order chi connectivity index (χ0) is 13.2. The fourth-order valence-corrected chi connectivity index (χ4v) is 2.22. The number of hydrogen-bond donors (Lipinski definition) is 0. The summed E-state index contributed by atoms with van der Waals surface area (Å²) >= 11 is 0. The molecule has 0 atom stereocenters. The zero-order valence-electron chi connectivity index (χ0n) is 12.2. The van der Waals surface area contributed by atoms with E-state index in [4.69, 9.17) is 4.74 Å². The largest absolute Gasteiger partial charge is 0.481 e. The van der Waals surface area contributed by atoms with E-state index in [1.807, 2.05) is 7.05 Å². The molecule has 104 valence electrons. The van der Waals surface area contributed by atoms with Crippen LogP contribution >= 0.6 is 0 Å². The Morgan fingerprint density at radius 2 is 2.22 bits per heavy atom. The smallest absolute Gasteiger partial charge is 0.187 e. The molecule has 0 aromatic rings. The Hall–Kier alpha value is -0.830. The number of nitrogens with zero attached hydrogens (tertiary/aromatic N) is 2. The lowest BCUT2D eigenvalue weighted by molar-refractivity contribution is 0.283. The van der Waals surface area contributed by atoms with Crippen LogP contribution in [0.1, 0.15) is 45.4 Å². The van der Waals surface area contributed by atoms with Gasteiger partial charge in [0.25, 0.3) is 0 Å². The molecule has 0 bridgehead atoms. The summed E-state index contributed by atoms with van der Waals surface area (Å²) in [5.74, 6) is 0.896. The standard InChI is InChI=1S/C15H28N2O/c1-4-5-6-7-11-18-15(16-2)12-14-9-8-10-17(3)13-14/h9H,4-8,10-13H2,1-3H3. The number of rotatable bonds is 7. The van der Waals surface area contributed by atoms with Crippen molar-refractivity contribution in [3.63, 3.8) is 0 Å². The Bertz CT molecular complexity index is 284. The van der Waals surface area contributed by atoms with E-state index in [2.05, 4.69) is 29.9 Å². The average molecular weight is 252 g/mol. The third-order valence-electron chi connectivity index (χ3n) is 3.31. The lowest BCUT2D eigenvalue weighted by atomic mass is 10.1. The second kappa shape index (κ2) is 9.15. The minimum atomic E-state index is 0.815. The van der Waals surface area contributed by atoms with Crippen molar-refractivity contribution in [1.82, 2.24) is 4.90 Å². The van der Waals surface area contributed by atoms with E-state index in [1.54, 1.807) is 0 Å². The molecule has 1 aliphatic heterocycles. The number of likely N-dealkylation sites (N-methyl/N-ethyl adjacent to an activating group) is 1. The Morgan fingerprint density at radius 1 is 1.39 bits per heavy atom. The lowest BCUT2D eigenvalue weighted by Gasteiger charge is -2.23. The molecule has 0 aromatic heterocycles. The summed E-state index contributed by atoms with van der Waals surface area (Å²) in [5, 5.41) is 0. The molecule has 3 heteroatoms. The van der Waals surface area contributed by atoms with Crippen molar-refractivity contribution >= 4 is 5.90 Å². The van der Waals surface area contributed by atoms with Crippen LogP contribution < -0.4 is 0 Å². The molecule has 0 radical (unpaired) electrons. The van der Waals surface area contributed by atoms with Crippen LogP contribution in [0.4, 0.5) is 0 Å². The molecular weight excluding hydrogens is 224 g/mol. The summed E-state index contributed by atoms with van der Waals surface area (Å²) < 4.78 is 5.77. The monoisotopic (exact) mass is 252 g/mol. The summed E-state index contributed by atoms with van der Waals surface area (Å²) in [7, 11) is 4.00. The summed E-state index contributed by atoms with van der Waals surface area (Å²) in [6.07, 6.45) is 9.36. The zero-order valence-corrected chi connectivity index (χ0v) is 12.2. The van der Waals surface area contributed by atoms with E-state index in [0.717, 1.165) is 38.3 Å². The maximum absolute atomic E-state index is 5.77. The maximum Gasteiger partial charge on any atom is 0.187 e. The van der Waals surface area contributed by atoms with Gasteiger partial charge in [0.15, 0.2) is 5.90 Å². The van der Waals surface area contributed by atoms with Crippen LogP contribution in [-0.2, 0) is 4.74 Å². The van der Waals surface area contributed by atoms with Crippen LogP contribution in [0.25, 0.3) is 0 Å². The van der Waals surface area contributed by atoms with E-state index < -0.39 is 0 Å². The summed E-state index contributed by atoms with van der Waals surface area (Å²) in [4.78, 5) is 6.61. The fraction of sp³-hybridized carbons (Fsp3) is 0.800. The second-order valence-corrected chi connectivity index (χ2v) is 5.09. The Labute approximate surface area is 112 Å². The van der Waals surface area contributed by atoms with Crippen molar-refractivity contribution < 1.29 is 4.74 Å². The van der Waals surface area contributed by atoms with Gasteiger partial charge >= 0.3 is 0 Å².